The van der Waals surface area contributed by atoms with Gasteiger partial charge in [-0.05, 0) is 30.3 Å². The van der Waals surface area contributed by atoms with E-state index < -0.39 is 11.9 Å². The van der Waals surface area contributed by atoms with Gasteiger partial charge in [0.15, 0.2) is 0 Å². The van der Waals surface area contributed by atoms with E-state index in [1.54, 1.807) is 18.3 Å². The maximum Gasteiger partial charge on any atom is 0.387 e. The fraction of sp³-hybridized carbons (Fsp3) is 0.278. The van der Waals surface area contributed by atoms with Crippen LogP contribution in [-0.2, 0) is 4.79 Å². The van der Waals surface area contributed by atoms with Gasteiger partial charge in [0.25, 0.3) is 0 Å². The number of carbonyl (C=O) groups is 1. The van der Waals surface area contributed by atoms with Gasteiger partial charge in [-0.2, -0.15) is 8.78 Å². The zero-order valence-corrected chi connectivity index (χ0v) is 15.4. The van der Waals surface area contributed by atoms with Crippen LogP contribution in [0.4, 0.5) is 20.2 Å². The Morgan fingerprint density at radius 2 is 1.96 bits per heavy atom. The molecular formula is C18H16F2N4O2S. The van der Waals surface area contributed by atoms with Crippen molar-refractivity contribution in [2.75, 3.05) is 23.9 Å². The van der Waals surface area contributed by atoms with Crippen LogP contribution >= 0.6 is 11.8 Å². The Bertz CT molecular complexity index is 905. The van der Waals surface area contributed by atoms with Crippen molar-refractivity contribution >= 4 is 35.4 Å². The molecule has 1 amide bonds. The predicted octanol–water partition coefficient (Wildman–Crippen LogP) is 3.34. The third-order valence-electron chi connectivity index (χ3n) is 4.40. The maximum atomic E-state index is 13.0. The topological polar surface area (TPSA) is 58.0 Å². The number of halogens is 2. The zero-order valence-electron chi connectivity index (χ0n) is 14.5. The summed E-state index contributed by atoms with van der Waals surface area (Å²) >= 11 is 1.40. The first-order valence-corrected chi connectivity index (χ1v) is 9.08. The summed E-state index contributed by atoms with van der Waals surface area (Å²) in [6.07, 6.45) is 3.22. The molecule has 0 spiro atoms. The molecule has 1 aromatic carbocycles. The van der Waals surface area contributed by atoms with E-state index >= 15 is 0 Å². The molecule has 2 unspecified atom stereocenters. The van der Waals surface area contributed by atoms with Gasteiger partial charge in [-0.25, -0.2) is 4.98 Å². The first-order chi connectivity index (χ1) is 13.0. The molecule has 3 heterocycles. The number of aliphatic imine (C=N–C) groups is 1. The number of fused-ring (bicyclic) bond motifs is 3. The lowest BCUT2D eigenvalue weighted by molar-refractivity contribution is -0.117. The van der Waals surface area contributed by atoms with Crippen LogP contribution < -0.4 is 14.5 Å². The normalized spacial score (nSPS) is 20.6. The van der Waals surface area contributed by atoms with Gasteiger partial charge in [-0.3, -0.25) is 14.7 Å². The SMILES string of the molecule is CN(C)c1ccnc2c1C1N=CN(c3ccc(OC(F)F)cc3)C(=O)C1S2. The quantitative estimate of drug-likeness (QED) is 0.802. The summed E-state index contributed by atoms with van der Waals surface area (Å²) in [4.78, 5) is 25.5. The molecule has 2 atom stereocenters. The Kier molecular flexibility index (Phi) is 4.47. The van der Waals surface area contributed by atoms with Gasteiger partial charge < -0.3 is 9.64 Å². The monoisotopic (exact) mass is 390 g/mol. The third kappa shape index (κ3) is 3.12. The molecule has 4 rings (SSSR count). The number of benzene rings is 1. The van der Waals surface area contributed by atoms with Crippen molar-refractivity contribution in [2.24, 2.45) is 4.99 Å². The number of anilines is 2. The first-order valence-electron chi connectivity index (χ1n) is 8.20. The number of nitrogens with zero attached hydrogens (tertiary/aromatic N) is 4. The Morgan fingerprint density at radius 1 is 1.22 bits per heavy atom. The lowest BCUT2D eigenvalue weighted by atomic mass is 10.0. The van der Waals surface area contributed by atoms with E-state index in [0.717, 1.165) is 16.3 Å². The molecule has 0 aliphatic carbocycles. The molecule has 2 aliphatic heterocycles. The maximum absolute atomic E-state index is 13.0. The van der Waals surface area contributed by atoms with Crippen molar-refractivity contribution in [1.82, 2.24) is 4.98 Å². The summed E-state index contributed by atoms with van der Waals surface area (Å²) in [5.74, 6) is -0.0827. The van der Waals surface area contributed by atoms with Crippen LogP contribution in [0.15, 0.2) is 46.5 Å². The number of aromatic nitrogens is 1. The van der Waals surface area contributed by atoms with E-state index in [1.807, 2.05) is 25.1 Å². The molecule has 6 nitrogen and oxygen atoms in total. The minimum absolute atomic E-state index is 0.0375. The second kappa shape index (κ2) is 6.80. The summed E-state index contributed by atoms with van der Waals surface area (Å²) < 4.78 is 28.9. The van der Waals surface area contributed by atoms with E-state index in [0.29, 0.717) is 5.69 Å². The molecule has 9 heteroatoms. The largest absolute Gasteiger partial charge is 0.435 e. The molecule has 1 aromatic heterocycles. The smallest absolute Gasteiger partial charge is 0.387 e. The van der Waals surface area contributed by atoms with Crippen LogP contribution in [0.25, 0.3) is 0 Å². The van der Waals surface area contributed by atoms with Crippen molar-refractivity contribution in [2.45, 2.75) is 22.9 Å². The van der Waals surface area contributed by atoms with Crippen LogP contribution in [0.5, 0.6) is 5.75 Å². The van der Waals surface area contributed by atoms with Gasteiger partial charge >= 0.3 is 6.61 Å². The van der Waals surface area contributed by atoms with Crippen LogP contribution in [0.3, 0.4) is 0 Å². The van der Waals surface area contributed by atoms with E-state index in [-0.39, 0.29) is 17.7 Å². The Balaban J connectivity index is 1.63. The molecule has 0 bridgehead atoms. The van der Waals surface area contributed by atoms with Gasteiger partial charge in [-0.15, -0.1) is 0 Å². The minimum Gasteiger partial charge on any atom is -0.435 e. The standard InChI is InChI=1S/C18H16F2N4O2S/c1-23(2)12-7-8-21-16-13(12)14-15(27-16)17(25)24(9-22-14)10-3-5-11(6-4-10)26-18(19)20/h3-9,14-15,18H,1-2H3. The average molecular weight is 390 g/mol. The van der Waals surface area contributed by atoms with Crippen LogP contribution in [0.2, 0.25) is 0 Å². The van der Waals surface area contributed by atoms with E-state index in [2.05, 4.69) is 14.7 Å². The Hall–Kier alpha value is -2.68. The Labute approximate surface area is 158 Å². The number of ether oxygens (including phenoxy) is 1. The number of rotatable bonds is 4. The molecule has 2 aromatic rings. The second-order valence-corrected chi connectivity index (χ2v) is 7.40. The molecule has 0 radical (unpaired) electrons. The second-order valence-electron chi connectivity index (χ2n) is 6.27. The highest BCUT2D eigenvalue weighted by atomic mass is 32.2. The number of alkyl halides is 2. The van der Waals surface area contributed by atoms with E-state index in [4.69, 9.17) is 0 Å². The molecule has 27 heavy (non-hydrogen) atoms. The summed E-state index contributed by atoms with van der Waals surface area (Å²) in [5, 5.41) is 0.403. The summed E-state index contributed by atoms with van der Waals surface area (Å²) in [6, 6.07) is 7.53. The average Bonchev–Trinajstić information content (AvgIpc) is 3.02. The number of hydrogen-bond acceptors (Lipinski definition) is 6. The predicted molar refractivity (Wildman–Crippen MR) is 100 cm³/mol. The number of hydrogen-bond donors (Lipinski definition) is 0. The number of thioether (sulfide) groups is 1. The first kappa shape index (κ1) is 17.7. The minimum atomic E-state index is -2.89. The molecule has 0 saturated carbocycles. The Morgan fingerprint density at radius 3 is 2.63 bits per heavy atom. The van der Waals surface area contributed by atoms with E-state index in [9.17, 15) is 13.6 Å². The van der Waals surface area contributed by atoms with Gasteiger partial charge in [0, 0.05) is 31.5 Å². The summed E-state index contributed by atoms with van der Waals surface area (Å²) in [7, 11) is 3.88. The number of pyridine rings is 1. The molecule has 2 aliphatic rings. The van der Waals surface area contributed by atoms with Crippen molar-refractivity contribution < 1.29 is 18.3 Å². The van der Waals surface area contributed by atoms with Gasteiger partial charge in [0.1, 0.15) is 22.1 Å². The highest BCUT2D eigenvalue weighted by Gasteiger charge is 2.45. The van der Waals surface area contributed by atoms with Gasteiger partial charge in [0.05, 0.1) is 12.0 Å². The fourth-order valence-corrected chi connectivity index (χ4v) is 4.46. The van der Waals surface area contributed by atoms with Crippen molar-refractivity contribution in [3.8, 4) is 5.75 Å². The molecule has 0 fully saturated rings. The molecule has 140 valence electrons. The highest BCUT2D eigenvalue weighted by Crippen LogP contribution is 2.50. The van der Waals surface area contributed by atoms with Crippen molar-refractivity contribution in [3.63, 3.8) is 0 Å². The van der Waals surface area contributed by atoms with Crippen molar-refractivity contribution in [1.29, 1.82) is 0 Å². The molecular weight excluding hydrogens is 374 g/mol. The van der Waals surface area contributed by atoms with E-state index in [1.165, 1.54) is 35.1 Å². The summed E-state index contributed by atoms with van der Waals surface area (Å²) in [6.45, 7) is -2.89. The van der Waals surface area contributed by atoms with Gasteiger partial charge in [0.2, 0.25) is 5.91 Å². The molecule has 0 saturated heterocycles. The fourth-order valence-electron chi connectivity index (χ4n) is 3.20. The van der Waals surface area contributed by atoms with Crippen LogP contribution in [0, 0.1) is 0 Å². The number of amides is 1. The van der Waals surface area contributed by atoms with Gasteiger partial charge in [-0.1, -0.05) is 11.8 Å². The summed E-state index contributed by atoms with van der Waals surface area (Å²) in [5.41, 5.74) is 2.50. The zero-order chi connectivity index (χ0) is 19.1. The van der Waals surface area contributed by atoms with Crippen LogP contribution in [0.1, 0.15) is 11.6 Å². The third-order valence-corrected chi connectivity index (χ3v) is 5.66. The highest BCUT2D eigenvalue weighted by molar-refractivity contribution is 8.01. The lowest BCUT2D eigenvalue weighted by Gasteiger charge is -2.29. The van der Waals surface area contributed by atoms with Crippen molar-refractivity contribution in [3.05, 3.63) is 42.1 Å². The number of carbonyl (C=O) groups excluding carboxylic acids is 1. The lowest BCUT2D eigenvalue weighted by Crippen LogP contribution is -2.42. The molecule has 0 N–H and O–H groups in total. The van der Waals surface area contributed by atoms with Crippen LogP contribution in [-0.4, -0.2) is 43.2 Å².